The van der Waals surface area contributed by atoms with E-state index in [0.29, 0.717) is 24.8 Å². The van der Waals surface area contributed by atoms with Crippen molar-refractivity contribution in [1.29, 1.82) is 0 Å². The van der Waals surface area contributed by atoms with Gasteiger partial charge < -0.3 is 4.74 Å². The summed E-state index contributed by atoms with van der Waals surface area (Å²) < 4.78 is 4.79. The van der Waals surface area contributed by atoms with Gasteiger partial charge in [-0.15, -0.1) is 0 Å². The Morgan fingerprint density at radius 3 is 2.63 bits per heavy atom. The first-order chi connectivity index (χ1) is 8.85. The Balaban J connectivity index is 3.05. The van der Waals surface area contributed by atoms with Gasteiger partial charge in [-0.05, 0) is 43.3 Å². The Bertz CT molecular complexity index is 451. The molecule has 0 saturated heterocycles. The molecular weight excluding hydrogens is 240 g/mol. The molecule has 3 nitrogen and oxygen atoms in total. The summed E-state index contributed by atoms with van der Waals surface area (Å²) in [4.78, 5) is 23.5. The fourth-order valence-electron chi connectivity index (χ4n) is 1.85. The van der Waals surface area contributed by atoms with Crippen LogP contribution in [0.15, 0.2) is 35.5 Å². The topological polar surface area (TPSA) is 43.4 Å². The van der Waals surface area contributed by atoms with Crippen molar-refractivity contribution in [3.63, 3.8) is 0 Å². The summed E-state index contributed by atoms with van der Waals surface area (Å²) in [6, 6.07) is 0. The number of carbonyl (C=O) groups excluding carboxylic acids is 2. The maximum Gasteiger partial charge on any atom is 0.333 e. The zero-order chi connectivity index (χ0) is 14.5. The van der Waals surface area contributed by atoms with Crippen molar-refractivity contribution >= 4 is 11.8 Å². The van der Waals surface area contributed by atoms with E-state index in [9.17, 15) is 9.59 Å². The van der Waals surface area contributed by atoms with Gasteiger partial charge in [0.2, 0.25) is 0 Å². The molecular formula is C16H22O3. The highest BCUT2D eigenvalue weighted by molar-refractivity contribution is 6.03. The first-order valence-corrected chi connectivity index (χ1v) is 6.53. The Labute approximate surface area is 115 Å². The summed E-state index contributed by atoms with van der Waals surface area (Å²) in [5.41, 5.74) is 1.25. The second-order valence-corrected chi connectivity index (χ2v) is 5.54. The highest BCUT2D eigenvalue weighted by Crippen LogP contribution is 2.25. The predicted molar refractivity (Wildman–Crippen MR) is 75.6 cm³/mol. The van der Waals surface area contributed by atoms with Gasteiger partial charge in [-0.25, -0.2) is 4.79 Å². The SMILES string of the molecule is COC(=O)/C1=C\CC(C)(C)/C=C/C(=O)/C(C)=C/CC1. The van der Waals surface area contributed by atoms with Crippen molar-refractivity contribution in [3.05, 3.63) is 35.5 Å². The van der Waals surface area contributed by atoms with Crippen LogP contribution in [0.25, 0.3) is 0 Å². The molecule has 0 heterocycles. The van der Waals surface area contributed by atoms with Gasteiger partial charge in [-0.1, -0.05) is 32.1 Å². The van der Waals surface area contributed by atoms with Crippen molar-refractivity contribution in [2.75, 3.05) is 7.11 Å². The third-order valence-electron chi connectivity index (χ3n) is 3.26. The van der Waals surface area contributed by atoms with E-state index in [-0.39, 0.29) is 17.2 Å². The molecule has 0 aliphatic heterocycles. The molecule has 1 rings (SSSR count). The molecule has 0 bridgehead atoms. The fraction of sp³-hybridized carbons (Fsp3) is 0.500. The highest BCUT2D eigenvalue weighted by atomic mass is 16.5. The molecule has 0 unspecified atom stereocenters. The normalized spacial score (nSPS) is 27.3. The standard InChI is InChI=1S/C16H22O3/c1-12-6-5-7-13(15(18)19-4)8-10-16(2,3)11-9-14(12)17/h6,8-9,11H,5,7,10H2,1-4H3/b11-9+,12-6+,13-8-. The van der Waals surface area contributed by atoms with Crippen LogP contribution in [0, 0.1) is 5.41 Å². The second kappa shape index (κ2) is 6.50. The maximum absolute atomic E-state index is 11.8. The van der Waals surface area contributed by atoms with Gasteiger partial charge in [-0.2, -0.15) is 0 Å². The van der Waals surface area contributed by atoms with Crippen LogP contribution in [0.3, 0.4) is 0 Å². The second-order valence-electron chi connectivity index (χ2n) is 5.54. The van der Waals surface area contributed by atoms with Gasteiger partial charge in [0.05, 0.1) is 7.11 Å². The van der Waals surface area contributed by atoms with Crippen molar-refractivity contribution < 1.29 is 14.3 Å². The lowest BCUT2D eigenvalue weighted by Gasteiger charge is -2.18. The largest absolute Gasteiger partial charge is 0.466 e. The maximum atomic E-state index is 11.8. The van der Waals surface area contributed by atoms with Crippen LogP contribution in [-0.2, 0) is 14.3 Å². The summed E-state index contributed by atoms with van der Waals surface area (Å²) in [7, 11) is 1.39. The van der Waals surface area contributed by atoms with Crippen molar-refractivity contribution in [2.45, 2.75) is 40.0 Å². The average Bonchev–Trinajstić information content (AvgIpc) is 2.39. The van der Waals surface area contributed by atoms with E-state index < -0.39 is 0 Å². The van der Waals surface area contributed by atoms with E-state index in [1.54, 1.807) is 13.0 Å². The molecule has 104 valence electrons. The number of rotatable bonds is 1. The molecule has 1 aliphatic carbocycles. The lowest BCUT2D eigenvalue weighted by atomic mass is 9.87. The molecule has 1 aliphatic rings. The van der Waals surface area contributed by atoms with E-state index in [1.807, 2.05) is 32.1 Å². The molecule has 0 amide bonds. The van der Waals surface area contributed by atoms with E-state index >= 15 is 0 Å². The van der Waals surface area contributed by atoms with Crippen molar-refractivity contribution in [2.24, 2.45) is 5.41 Å². The number of hydrogen-bond acceptors (Lipinski definition) is 3. The summed E-state index contributed by atoms with van der Waals surface area (Å²) in [6.45, 7) is 5.89. The molecule has 3 heteroatoms. The van der Waals surface area contributed by atoms with Gasteiger partial charge in [0.1, 0.15) is 0 Å². The number of allylic oxidation sites excluding steroid dienone is 5. The van der Waals surface area contributed by atoms with Crippen molar-refractivity contribution in [1.82, 2.24) is 0 Å². The third kappa shape index (κ3) is 4.86. The van der Waals surface area contributed by atoms with Crippen LogP contribution in [0.4, 0.5) is 0 Å². The Kier molecular flexibility index (Phi) is 5.28. The summed E-state index contributed by atoms with van der Waals surface area (Å²) in [5.74, 6) is -0.244. The van der Waals surface area contributed by atoms with Gasteiger partial charge in [0.15, 0.2) is 5.78 Å². The number of ether oxygens (including phenoxy) is 1. The first-order valence-electron chi connectivity index (χ1n) is 6.53. The van der Waals surface area contributed by atoms with Crippen LogP contribution in [-0.4, -0.2) is 18.9 Å². The number of hydrogen-bond donors (Lipinski definition) is 0. The van der Waals surface area contributed by atoms with Crippen molar-refractivity contribution in [3.8, 4) is 0 Å². The Morgan fingerprint density at radius 1 is 1.32 bits per heavy atom. The third-order valence-corrected chi connectivity index (χ3v) is 3.26. The monoisotopic (exact) mass is 262 g/mol. The zero-order valence-corrected chi connectivity index (χ0v) is 12.2. The minimum atomic E-state index is -0.281. The van der Waals surface area contributed by atoms with Gasteiger partial charge in [-0.3, -0.25) is 4.79 Å². The molecule has 0 aromatic heterocycles. The summed E-state index contributed by atoms with van der Waals surface area (Å²) in [6.07, 6.45) is 9.32. The van der Waals surface area contributed by atoms with Crippen LogP contribution in [0.1, 0.15) is 40.0 Å². The minimum Gasteiger partial charge on any atom is -0.466 e. The molecule has 0 atom stereocenters. The lowest BCUT2D eigenvalue weighted by molar-refractivity contribution is -0.136. The van der Waals surface area contributed by atoms with Crippen LogP contribution < -0.4 is 0 Å². The summed E-state index contributed by atoms with van der Waals surface area (Å²) >= 11 is 0. The molecule has 0 N–H and O–H groups in total. The molecule has 0 aromatic carbocycles. The summed E-state index contributed by atoms with van der Waals surface area (Å²) in [5, 5.41) is 0. The zero-order valence-electron chi connectivity index (χ0n) is 12.2. The molecule has 0 radical (unpaired) electrons. The average molecular weight is 262 g/mol. The Morgan fingerprint density at radius 2 is 2.00 bits per heavy atom. The number of carbonyl (C=O) groups is 2. The molecule has 19 heavy (non-hydrogen) atoms. The molecule has 0 spiro atoms. The van der Waals surface area contributed by atoms with Gasteiger partial charge in [0.25, 0.3) is 0 Å². The van der Waals surface area contributed by atoms with Crippen LogP contribution >= 0.6 is 0 Å². The highest BCUT2D eigenvalue weighted by Gasteiger charge is 2.17. The van der Waals surface area contributed by atoms with E-state index in [2.05, 4.69) is 0 Å². The quantitative estimate of drug-likeness (QED) is 0.680. The number of methoxy groups -OCH3 is 1. The predicted octanol–water partition coefficient (Wildman–Crippen LogP) is 3.37. The molecule has 0 saturated carbocycles. The lowest BCUT2D eigenvalue weighted by Crippen LogP contribution is -2.09. The smallest absolute Gasteiger partial charge is 0.333 e. The van der Waals surface area contributed by atoms with Crippen LogP contribution in [0.5, 0.6) is 0 Å². The molecule has 0 aromatic rings. The number of ketones is 1. The Hall–Kier alpha value is -1.64. The van der Waals surface area contributed by atoms with E-state index in [1.165, 1.54) is 7.11 Å². The van der Waals surface area contributed by atoms with E-state index in [4.69, 9.17) is 4.74 Å². The first kappa shape index (κ1) is 15.4. The van der Waals surface area contributed by atoms with Crippen LogP contribution in [0.2, 0.25) is 0 Å². The fourth-order valence-corrected chi connectivity index (χ4v) is 1.85. The van der Waals surface area contributed by atoms with E-state index in [0.717, 1.165) is 5.57 Å². The molecule has 0 fully saturated rings. The van der Waals surface area contributed by atoms with Gasteiger partial charge in [0, 0.05) is 5.57 Å². The minimum absolute atomic E-state index is 0.0367. The van der Waals surface area contributed by atoms with Gasteiger partial charge >= 0.3 is 5.97 Å². The number of esters is 1.